The number of imidazole rings is 1. The van der Waals surface area contributed by atoms with Crippen molar-refractivity contribution >= 4 is 34.8 Å². The number of aromatic amines is 2. The molecule has 2 heterocycles. The molecule has 2 rings (SSSR count). The van der Waals surface area contributed by atoms with E-state index in [2.05, 4.69) is 25.6 Å². The van der Waals surface area contributed by atoms with Gasteiger partial charge in [-0.3, -0.25) is 19.4 Å². The van der Waals surface area contributed by atoms with Crippen LogP contribution in [0.3, 0.4) is 0 Å². The molecule has 0 saturated heterocycles. The van der Waals surface area contributed by atoms with Gasteiger partial charge in [0, 0.05) is 12.8 Å². The Labute approximate surface area is 129 Å². The molecule has 5 N–H and O–H groups in total. The number of carboxylic acid groups (broad SMARTS) is 1. The lowest BCUT2D eigenvalue weighted by molar-refractivity contribution is -0.141. The van der Waals surface area contributed by atoms with Gasteiger partial charge in [-0.15, -0.1) is 0 Å². The van der Waals surface area contributed by atoms with Crippen LogP contribution in [-0.2, 0) is 14.4 Å². The summed E-state index contributed by atoms with van der Waals surface area (Å²) in [6.45, 7) is 1.33. The lowest BCUT2D eigenvalue weighted by atomic mass is 10.2. The van der Waals surface area contributed by atoms with Gasteiger partial charge in [-0.25, -0.2) is 9.78 Å². The van der Waals surface area contributed by atoms with E-state index in [9.17, 15) is 19.2 Å². The quantitative estimate of drug-likeness (QED) is 0.485. The zero-order valence-electron chi connectivity index (χ0n) is 12.2. The highest BCUT2D eigenvalue weighted by atomic mass is 16.4. The van der Waals surface area contributed by atoms with Crippen molar-refractivity contribution in [1.29, 1.82) is 0 Å². The van der Waals surface area contributed by atoms with Crippen LogP contribution in [0.25, 0.3) is 11.2 Å². The molecule has 0 aliphatic heterocycles. The summed E-state index contributed by atoms with van der Waals surface area (Å²) in [5.74, 6) is -1.90. The Morgan fingerprint density at radius 2 is 1.91 bits per heavy atom. The fourth-order valence-electron chi connectivity index (χ4n) is 1.79. The predicted molar refractivity (Wildman–Crippen MR) is 79.8 cm³/mol. The molecule has 10 nitrogen and oxygen atoms in total. The second-order valence-corrected chi connectivity index (χ2v) is 4.85. The molecule has 0 saturated carbocycles. The molecule has 0 bridgehead atoms. The standard InChI is InChI=1S/C13H15N5O5/c1-6(12(21)22)14-9(19)4-5-10(20)16-8-3-2-7-11(17-8)18-13(23)15-7/h2-3,6H,4-5H2,1H3,(H,14,19)(H,21,22)(H3,15,16,17,18,20,23)/t6-/m0/s1. The van der Waals surface area contributed by atoms with Crippen molar-refractivity contribution in [3.8, 4) is 0 Å². The number of amides is 2. The first-order valence-electron chi connectivity index (χ1n) is 6.76. The molecule has 0 aromatic carbocycles. The number of H-pyrrole nitrogens is 2. The third-order valence-corrected chi connectivity index (χ3v) is 2.97. The molecule has 2 aromatic rings. The molecule has 0 aliphatic rings. The number of rotatable bonds is 6. The largest absolute Gasteiger partial charge is 0.480 e. The van der Waals surface area contributed by atoms with E-state index in [1.807, 2.05) is 0 Å². The van der Waals surface area contributed by atoms with E-state index in [1.165, 1.54) is 13.0 Å². The number of aromatic nitrogens is 3. The smallest absolute Gasteiger partial charge is 0.325 e. The van der Waals surface area contributed by atoms with Crippen molar-refractivity contribution in [3.63, 3.8) is 0 Å². The van der Waals surface area contributed by atoms with Crippen LogP contribution >= 0.6 is 0 Å². The summed E-state index contributed by atoms with van der Waals surface area (Å²) in [5.41, 5.74) is 0.413. The van der Waals surface area contributed by atoms with Crippen LogP contribution in [0.2, 0.25) is 0 Å². The molecule has 2 amide bonds. The lowest BCUT2D eigenvalue weighted by Crippen LogP contribution is -2.38. The number of carbonyl (C=O) groups is 3. The van der Waals surface area contributed by atoms with Gasteiger partial charge in [0.05, 0.1) is 5.52 Å². The second kappa shape index (κ2) is 6.73. The third kappa shape index (κ3) is 4.40. The fraction of sp³-hybridized carbons (Fsp3) is 0.308. The van der Waals surface area contributed by atoms with Gasteiger partial charge >= 0.3 is 11.7 Å². The number of aliphatic carboxylic acids is 1. The molecular formula is C13H15N5O5. The molecule has 0 radical (unpaired) electrons. The van der Waals surface area contributed by atoms with E-state index in [0.29, 0.717) is 11.2 Å². The SMILES string of the molecule is C[C@H](NC(=O)CCC(=O)Nc1ccc2[nH]c(=O)[nH]c2n1)C(=O)O. The summed E-state index contributed by atoms with van der Waals surface area (Å²) in [4.78, 5) is 54.0. The summed E-state index contributed by atoms with van der Waals surface area (Å²) in [6.07, 6.45) is -0.270. The Morgan fingerprint density at radius 3 is 2.61 bits per heavy atom. The number of carbonyl (C=O) groups excluding carboxylic acids is 2. The Balaban J connectivity index is 1.87. The average Bonchev–Trinajstić information content (AvgIpc) is 2.84. The Bertz CT molecular complexity index is 808. The minimum Gasteiger partial charge on any atom is -0.480 e. The Hall–Kier alpha value is -3.17. The van der Waals surface area contributed by atoms with Gasteiger partial charge < -0.3 is 20.7 Å². The Kier molecular flexibility index (Phi) is 4.74. The number of nitrogens with one attached hydrogen (secondary N) is 4. The van der Waals surface area contributed by atoms with Crippen LogP contribution in [0, 0.1) is 0 Å². The highest BCUT2D eigenvalue weighted by Crippen LogP contribution is 2.10. The summed E-state index contributed by atoms with van der Waals surface area (Å²) in [6, 6.07) is 2.08. The molecule has 122 valence electrons. The first-order chi connectivity index (χ1) is 10.8. The van der Waals surface area contributed by atoms with Crippen LogP contribution in [0.5, 0.6) is 0 Å². The van der Waals surface area contributed by atoms with E-state index in [1.54, 1.807) is 6.07 Å². The summed E-state index contributed by atoms with van der Waals surface area (Å²) in [7, 11) is 0. The zero-order chi connectivity index (χ0) is 17.0. The van der Waals surface area contributed by atoms with E-state index < -0.39 is 29.5 Å². The number of hydrogen-bond acceptors (Lipinski definition) is 5. The van der Waals surface area contributed by atoms with E-state index in [4.69, 9.17) is 5.11 Å². The number of nitrogens with zero attached hydrogens (tertiary/aromatic N) is 1. The molecule has 23 heavy (non-hydrogen) atoms. The zero-order valence-corrected chi connectivity index (χ0v) is 12.2. The molecule has 10 heteroatoms. The molecule has 1 atom stereocenters. The summed E-state index contributed by atoms with van der Waals surface area (Å²) >= 11 is 0. The maximum atomic E-state index is 11.8. The summed E-state index contributed by atoms with van der Waals surface area (Å²) in [5, 5.41) is 13.4. The number of pyridine rings is 1. The van der Waals surface area contributed by atoms with Crippen LogP contribution in [0.1, 0.15) is 19.8 Å². The molecule has 0 fully saturated rings. The molecule has 0 aliphatic carbocycles. The van der Waals surface area contributed by atoms with Crippen LogP contribution in [0.15, 0.2) is 16.9 Å². The first kappa shape index (κ1) is 16.2. The predicted octanol–water partition coefficient (Wildman–Crippen LogP) is -0.441. The molecule has 0 unspecified atom stereocenters. The van der Waals surface area contributed by atoms with Crippen LogP contribution < -0.4 is 16.3 Å². The van der Waals surface area contributed by atoms with Crippen molar-refractivity contribution in [2.24, 2.45) is 0 Å². The van der Waals surface area contributed by atoms with Crippen LogP contribution in [0.4, 0.5) is 5.82 Å². The fourth-order valence-corrected chi connectivity index (χ4v) is 1.79. The van der Waals surface area contributed by atoms with E-state index >= 15 is 0 Å². The Morgan fingerprint density at radius 1 is 1.22 bits per heavy atom. The van der Waals surface area contributed by atoms with Gasteiger partial charge in [0.25, 0.3) is 0 Å². The lowest BCUT2D eigenvalue weighted by Gasteiger charge is -2.09. The van der Waals surface area contributed by atoms with Crippen molar-refractivity contribution in [1.82, 2.24) is 20.3 Å². The number of carboxylic acids is 1. The highest BCUT2D eigenvalue weighted by Gasteiger charge is 2.15. The van der Waals surface area contributed by atoms with Gasteiger partial charge in [0.2, 0.25) is 11.8 Å². The minimum absolute atomic E-state index is 0.123. The maximum Gasteiger partial charge on any atom is 0.325 e. The molecular weight excluding hydrogens is 306 g/mol. The number of anilines is 1. The first-order valence-corrected chi connectivity index (χ1v) is 6.76. The minimum atomic E-state index is -1.15. The molecule has 2 aromatic heterocycles. The number of hydrogen-bond donors (Lipinski definition) is 5. The highest BCUT2D eigenvalue weighted by molar-refractivity contribution is 5.93. The van der Waals surface area contributed by atoms with Gasteiger partial charge in [0.15, 0.2) is 5.65 Å². The van der Waals surface area contributed by atoms with Crippen molar-refractivity contribution in [3.05, 3.63) is 22.6 Å². The van der Waals surface area contributed by atoms with Crippen molar-refractivity contribution in [2.45, 2.75) is 25.8 Å². The summed E-state index contributed by atoms with van der Waals surface area (Å²) < 4.78 is 0. The van der Waals surface area contributed by atoms with Gasteiger partial charge in [-0.2, -0.15) is 0 Å². The van der Waals surface area contributed by atoms with Gasteiger partial charge in [-0.1, -0.05) is 0 Å². The van der Waals surface area contributed by atoms with E-state index in [0.717, 1.165) is 0 Å². The van der Waals surface area contributed by atoms with Crippen molar-refractivity contribution < 1.29 is 19.5 Å². The average molecular weight is 321 g/mol. The molecule has 0 spiro atoms. The maximum absolute atomic E-state index is 11.8. The third-order valence-electron chi connectivity index (χ3n) is 2.97. The number of fused-ring (bicyclic) bond motifs is 1. The topological polar surface area (TPSA) is 157 Å². The van der Waals surface area contributed by atoms with Gasteiger partial charge in [0.1, 0.15) is 11.9 Å². The van der Waals surface area contributed by atoms with Gasteiger partial charge in [-0.05, 0) is 19.1 Å². The second-order valence-electron chi connectivity index (χ2n) is 4.85. The normalized spacial score (nSPS) is 11.9. The van der Waals surface area contributed by atoms with E-state index in [-0.39, 0.29) is 18.7 Å². The monoisotopic (exact) mass is 321 g/mol. The van der Waals surface area contributed by atoms with Crippen molar-refractivity contribution in [2.75, 3.05) is 5.32 Å². The van der Waals surface area contributed by atoms with Crippen LogP contribution in [-0.4, -0.2) is 43.9 Å².